The predicted molar refractivity (Wildman–Crippen MR) is 214 cm³/mol. The molecule has 8 rings (SSSR count). The van der Waals surface area contributed by atoms with Crippen LogP contribution in [-0.4, -0.2) is 87.6 Å². The molecule has 0 bridgehead atoms. The number of aromatic nitrogens is 5. The Balaban J connectivity index is 0.000000297. The summed E-state index contributed by atoms with van der Waals surface area (Å²) in [6, 6.07) is 12.7. The van der Waals surface area contributed by atoms with Gasteiger partial charge in [-0.15, -0.1) is 0 Å². The number of aryl methyl sites for hydroxylation is 2. The Morgan fingerprint density at radius 2 is 1.70 bits per heavy atom. The van der Waals surface area contributed by atoms with Crippen LogP contribution in [0.3, 0.4) is 0 Å². The zero-order chi connectivity index (χ0) is 40.6. The second-order valence-corrected chi connectivity index (χ2v) is 14.9. The molecule has 2 aliphatic heterocycles. The molecule has 57 heavy (non-hydrogen) atoms. The first kappa shape index (κ1) is 40.1. The van der Waals surface area contributed by atoms with Gasteiger partial charge in [-0.1, -0.05) is 53.5 Å². The number of benzene rings is 2. The van der Waals surface area contributed by atoms with E-state index in [1.165, 1.54) is 19.7 Å². The minimum atomic E-state index is -3.06. The van der Waals surface area contributed by atoms with Crippen molar-refractivity contribution in [2.45, 2.75) is 37.6 Å². The Labute approximate surface area is 336 Å². The minimum Gasteiger partial charge on any atom is -0.481 e. The van der Waals surface area contributed by atoms with Gasteiger partial charge in [0.1, 0.15) is 11.2 Å². The minimum absolute atomic E-state index is 0.00910. The number of ether oxygens (including phenoxy) is 2. The number of carbonyl (C=O) groups excluding carboxylic acids is 1. The van der Waals surface area contributed by atoms with Gasteiger partial charge in [0.15, 0.2) is 11.5 Å². The summed E-state index contributed by atoms with van der Waals surface area (Å²) < 4.78 is 39.9. The first-order valence-electron chi connectivity index (χ1n) is 18.3. The molecule has 1 aliphatic carbocycles. The van der Waals surface area contributed by atoms with Gasteiger partial charge in [-0.25, -0.2) is 33.3 Å². The van der Waals surface area contributed by atoms with Gasteiger partial charge in [-0.05, 0) is 49.9 Å². The van der Waals surface area contributed by atoms with E-state index in [1.807, 2.05) is 29.2 Å². The van der Waals surface area contributed by atoms with Crippen molar-refractivity contribution in [1.82, 2.24) is 39.6 Å². The summed E-state index contributed by atoms with van der Waals surface area (Å²) in [6.07, 6.45) is 0.849. The molecule has 2 saturated heterocycles. The maximum absolute atomic E-state index is 13.8. The lowest BCUT2D eigenvalue weighted by atomic mass is 9.99. The van der Waals surface area contributed by atoms with Gasteiger partial charge in [0.25, 0.3) is 12.0 Å². The Morgan fingerprint density at radius 3 is 2.40 bits per heavy atom. The van der Waals surface area contributed by atoms with Gasteiger partial charge in [0.2, 0.25) is 5.88 Å². The van der Waals surface area contributed by atoms with Crippen molar-refractivity contribution in [2.75, 3.05) is 52.3 Å². The summed E-state index contributed by atoms with van der Waals surface area (Å²) >= 11 is 13.9. The molecular weight excluding hydrogens is 783 g/mol. The number of methoxy groups -OCH3 is 2. The van der Waals surface area contributed by atoms with Crippen LogP contribution in [-0.2, 0) is 31.7 Å². The Morgan fingerprint density at radius 1 is 0.965 bits per heavy atom. The topological polar surface area (TPSA) is 158 Å². The van der Waals surface area contributed by atoms with Crippen molar-refractivity contribution < 1.29 is 23.0 Å². The lowest BCUT2D eigenvalue weighted by Crippen LogP contribution is -2.45. The molecule has 5 aromatic rings. The normalized spacial score (nSPS) is 17.3. The number of hydrogen-bond donors (Lipinski definition) is 3. The quantitative estimate of drug-likeness (QED) is 0.170. The molecule has 1 atom stereocenters. The van der Waals surface area contributed by atoms with E-state index in [0.717, 1.165) is 60.0 Å². The highest BCUT2D eigenvalue weighted by Gasteiger charge is 2.44. The van der Waals surface area contributed by atoms with Crippen molar-refractivity contribution in [3.8, 4) is 28.3 Å². The van der Waals surface area contributed by atoms with Crippen molar-refractivity contribution >= 4 is 51.8 Å². The number of nitrogens with one attached hydrogen (secondary N) is 3. The van der Waals surface area contributed by atoms with Crippen molar-refractivity contribution in [1.29, 1.82) is 0 Å². The molecular formula is C39H41Cl2F2N9O5. The number of rotatable bonds is 9. The average molecular weight is 825 g/mol. The van der Waals surface area contributed by atoms with Crippen molar-refractivity contribution in [3.63, 3.8) is 0 Å². The number of anilines is 2. The molecule has 300 valence electrons. The van der Waals surface area contributed by atoms with Gasteiger partial charge in [-0.3, -0.25) is 13.9 Å². The Kier molecular flexibility index (Phi) is 11.5. The number of hydrogen-bond acceptors (Lipinski definition) is 10. The van der Waals surface area contributed by atoms with Crippen molar-refractivity contribution in [2.24, 2.45) is 14.1 Å². The number of alkyl halides is 2. The van der Waals surface area contributed by atoms with Gasteiger partial charge in [-0.2, -0.15) is 0 Å². The molecule has 0 saturated carbocycles. The zero-order valence-corrected chi connectivity index (χ0v) is 33.2. The number of fused-ring (bicyclic) bond motifs is 2. The predicted octanol–water partition coefficient (Wildman–Crippen LogP) is 5.63. The second kappa shape index (κ2) is 16.4. The fourth-order valence-corrected chi connectivity index (χ4v) is 8.17. The second-order valence-electron chi connectivity index (χ2n) is 14.2. The molecule has 2 fully saturated rings. The summed E-state index contributed by atoms with van der Waals surface area (Å²) in [4.78, 5) is 51.4. The van der Waals surface area contributed by atoms with E-state index in [4.69, 9.17) is 37.7 Å². The van der Waals surface area contributed by atoms with Crippen LogP contribution in [0.2, 0.25) is 10.0 Å². The maximum atomic E-state index is 13.8. The largest absolute Gasteiger partial charge is 0.481 e. The molecule has 5 heterocycles. The first-order chi connectivity index (χ1) is 27.4. The third kappa shape index (κ3) is 7.66. The van der Waals surface area contributed by atoms with Gasteiger partial charge >= 0.3 is 11.7 Å². The lowest BCUT2D eigenvalue weighted by Gasteiger charge is -2.21. The molecule has 0 radical (unpaired) electrons. The van der Waals surface area contributed by atoms with Gasteiger partial charge < -0.3 is 30.3 Å². The number of halogens is 4. The molecule has 3 aliphatic rings. The van der Waals surface area contributed by atoms with Gasteiger partial charge in [0, 0.05) is 63.1 Å². The van der Waals surface area contributed by atoms with E-state index < -0.39 is 23.5 Å². The maximum Gasteiger partial charge on any atom is 0.332 e. The monoisotopic (exact) mass is 823 g/mol. The summed E-state index contributed by atoms with van der Waals surface area (Å²) in [7, 11) is 5.87. The van der Waals surface area contributed by atoms with Crippen LogP contribution in [0.15, 0.2) is 52.1 Å². The fourth-order valence-electron chi connectivity index (χ4n) is 7.57. The van der Waals surface area contributed by atoms with Crippen LogP contribution in [0.25, 0.3) is 33.4 Å². The van der Waals surface area contributed by atoms with Crippen LogP contribution in [0.5, 0.6) is 5.88 Å². The highest BCUT2D eigenvalue weighted by molar-refractivity contribution is 6.39. The highest BCUT2D eigenvalue weighted by Crippen LogP contribution is 2.43. The number of carbonyl (C=O) groups is 1. The third-order valence-electron chi connectivity index (χ3n) is 10.5. The van der Waals surface area contributed by atoms with Crippen LogP contribution in [0, 0.1) is 0 Å². The van der Waals surface area contributed by atoms with Crippen LogP contribution < -0.4 is 31.9 Å². The molecule has 18 heteroatoms. The Bertz CT molecular complexity index is 2490. The molecule has 3 aromatic heterocycles. The molecule has 1 unspecified atom stereocenters. The van der Waals surface area contributed by atoms with Crippen LogP contribution in [0.1, 0.15) is 36.2 Å². The SMILES string of the molecule is COCCN1CC2(CCNC2)NC1=O.COc1nc(-c2cccc(-c3cccc(Nc4nc(C(F)F)nc5c4c(=O)n(C)c(=O)n5C)c3Cl)c2Cl)cc2c1CCC2. The molecule has 2 amide bonds. The number of nitrogens with zero attached hydrogens (tertiary/aromatic N) is 6. The van der Waals surface area contributed by atoms with E-state index in [1.54, 1.807) is 32.4 Å². The number of urea groups is 1. The first-order valence-corrected chi connectivity index (χ1v) is 19.1. The van der Waals surface area contributed by atoms with E-state index in [0.29, 0.717) is 46.4 Å². The lowest BCUT2D eigenvalue weighted by molar-refractivity contribution is 0.141. The molecule has 1 spiro atoms. The molecule has 2 aromatic carbocycles. The van der Waals surface area contributed by atoms with Crippen LogP contribution in [0.4, 0.5) is 25.1 Å². The van der Waals surface area contributed by atoms with Crippen LogP contribution >= 0.6 is 23.2 Å². The highest BCUT2D eigenvalue weighted by atomic mass is 35.5. The Hall–Kier alpha value is -5.16. The standard InChI is InChI=1S/C30H24Cl2F2N6O3.C9H17N3O2/c1-39-27-21(29(41)40(2)30(39)42)25(37-26(38-27)24(33)34)35-19-12-6-10-17(23(19)32)16-9-5-11-18(22(16)31)20-13-14-7-4-8-15(14)28(36-20)43-3;1-14-5-4-12-7-9(11-8(12)13)2-3-10-6-9/h5-6,9-13,24H,4,7-8H2,1-3H3,(H,35,37,38);10H,2-7H2,1H3,(H,11,13). The number of amides is 2. The summed E-state index contributed by atoms with van der Waals surface area (Å²) in [5, 5.41) is 9.73. The van der Waals surface area contributed by atoms with E-state index >= 15 is 0 Å². The third-order valence-corrected chi connectivity index (χ3v) is 11.4. The van der Waals surface area contributed by atoms with Crippen molar-refractivity contribution in [3.05, 3.63) is 90.3 Å². The van der Waals surface area contributed by atoms with E-state index in [-0.39, 0.29) is 39.1 Å². The van der Waals surface area contributed by atoms with E-state index in [2.05, 4.69) is 25.9 Å². The zero-order valence-electron chi connectivity index (χ0n) is 31.7. The van der Waals surface area contributed by atoms with E-state index in [9.17, 15) is 23.2 Å². The molecule has 14 nitrogen and oxygen atoms in total. The number of pyridine rings is 1. The molecule has 3 N–H and O–H groups in total. The van der Waals surface area contributed by atoms with Gasteiger partial charge in [0.05, 0.1) is 40.7 Å². The summed E-state index contributed by atoms with van der Waals surface area (Å²) in [6.45, 7) is 3.99. The average Bonchev–Trinajstić information content (AvgIpc) is 3.95. The smallest absolute Gasteiger partial charge is 0.332 e. The summed E-state index contributed by atoms with van der Waals surface area (Å²) in [5.41, 5.74) is 3.36. The summed E-state index contributed by atoms with van der Waals surface area (Å²) in [5.74, 6) is -0.483. The fraction of sp³-hybridized carbons (Fsp3) is 0.385.